The van der Waals surface area contributed by atoms with Crippen LogP contribution in [0.25, 0.3) is 0 Å². The Balaban J connectivity index is 2.35. The van der Waals surface area contributed by atoms with Gasteiger partial charge in [-0.15, -0.1) is 11.8 Å². The Morgan fingerprint density at radius 3 is 2.94 bits per heavy atom. The third kappa shape index (κ3) is 5.75. The fourth-order valence-corrected chi connectivity index (χ4v) is 2.43. The number of amides is 1. The Labute approximate surface area is 107 Å². The molecular weight excluding hydrogens is 232 g/mol. The molecule has 0 radical (unpaired) electrons. The molecule has 3 nitrogen and oxygen atoms in total. The van der Waals surface area contributed by atoms with Gasteiger partial charge < -0.3 is 10.6 Å². The van der Waals surface area contributed by atoms with E-state index in [2.05, 4.69) is 34.9 Å². The van der Waals surface area contributed by atoms with Gasteiger partial charge in [-0.1, -0.05) is 12.1 Å². The van der Waals surface area contributed by atoms with Gasteiger partial charge in [0.25, 0.3) is 0 Å². The van der Waals surface area contributed by atoms with Crippen LogP contribution in [-0.4, -0.2) is 25.3 Å². The molecule has 0 aliphatic carbocycles. The second-order valence-corrected chi connectivity index (χ2v) is 4.90. The highest BCUT2D eigenvalue weighted by atomic mass is 32.2. The molecule has 0 unspecified atom stereocenters. The summed E-state index contributed by atoms with van der Waals surface area (Å²) in [4.78, 5) is 12.5. The van der Waals surface area contributed by atoms with Crippen molar-refractivity contribution >= 4 is 17.7 Å². The van der Waals surface area contributed by atoms with Crippen molar-refractivity contribution in [3.63, 3.8) is 0 Å². The zero-order chi connectivity index (χ0) is 12.5. The van der Waals surface area contributed by atoms with Gasteiger partial charge in [0, 0.05) is 30.2 Å². The summed E-state index contributed by atoms with van der Waals surface area (Å²) in [7, 11) is 1.94. The Bertz CT molecular complexity index is 355. The predicted octanol–water partition coefficient (Wildman–Crippen LogP) is 2.02. The van der Waals surface area contributed by atoms with Crippen LogP contribution in [0.15, 0.2) is 29.2 Å². The van der Waals surface area contributed by atoms with E-state index in [0.717, 1.165) is 12.3 Å². The van der Waals surface area contributed by atoms with Crippen LogP contribution < -0.4 is 10.6 Å². The molecule has 2 N–H and O–H groups in total. The highest BCUT2D eigenvalue weighted by Crippen LogP contribution is 2.19. The van der Waals surface area contributed by atoms with Crippen molar-refractivity contribution in [3.8, 4) is 0 Å². The topological polar surface area (TPSA) is 41.1 Å². The monoisotopic (exact) mass is 252 g/mol. The van der Waals surface area contributed by atoms with Gasteiger partial charge in [-0.2, -0.15) is 0 Å². The molecule has 94 valence electrons. The lowest BCUT2D eigenvalue weighted by Gasteiger charge is -2.05. The molecule has 4 heteroatoms. The van der Waals surface area contributed by atoms with E-state index in [-0.39, 0.29) is 5.91 Å². The summed E-state index contributed by atoms with van der Waals surface area (Å²) in [5.74, 6) is 0.959. The lowest BCUT2D eigenvalue weighted by molar-refractivity contribution is -0.120. The van der Waals surface area contributed by atoms with Crippen LogP contribution in [0.2, 0.25) is 0 Å². The van der Waals surface area contributed by atoms with Crippen molar-refractivity contribution in [2.24, 2.45) is 0 Å². The maximum absolute atomic E-state index is 11.3. The summed E-state index contributed by atoms with van der Waals surface area (Å²) >= 11 is 1.73. The number of hydrogen-bond acceptors (Lipinski definition) is 3. The SMILES string of the molecule is CCNC(=O)CCSc1cccc(CNC)c1. The minimum Gasteiger partial charge on any atom is -0.356 e. The molecule has 0 saturated carbocycles. The Kier molecular flexibility index (Phi) is 6.74. The quantitative estimate of drug-likeness (QED) is 0.730. The molecule has 1 amide bonds. The van der Waals surface area contributed by atoms with Gasteiger partial charge in [-0.25, -0.2) is 0 Å². The van der Waals surface area contributed by atoms with E-state index >= 15 is 0 Å². The van der Waals surface area contributed by atoms with Crippen molar-refractivity contribution in [2.75, 3.05) is 19.3 Å². The van der Waals surface area contributed by atoms with Crippen LogP contribution in [0.3, 0.4) is 0 Å². The molecule has 0 bridgehead atoms. The van der Waals surface area contributed by atoms with Crippen LogP contribution in [0.4, 0.5) is 0 Å². The van der Waals surface area contributed by atoms with Gasteiger partial charge in [-0.05, 0) is 31.7 Å². The summed E-state index contributed by atoms with van der Waals surface area (Å²) in [6.45, 7) is 3.53. The molecule has 1 rings (SSSR count). The third-order valence-corrected chi connectivity index (χ3v) is 3.25. The second-order valence-electron chi connectivity index (χ2n) is 3.73. The second kappa shape index (κ2) is 8.14. The van der Waals surface area contributed by atoms with Crippen LogP contribution in [0, 0.1) is 0 Å². The van der Waals surface area contributed by atoms with Gasteiger partial charge in [0.1, 0.15) is 0 Å². The van der Waals surface area contributed by atoms with Gasteiger partial charge in [0.05, 0.1) is 0 Å². The van der Waals surface area contributed by atoms with E-state index in [0.29, 0.717) is 13.0 Å². The smallest absolute Gasteiger partial charge is 0.220 e. The molecule has 0 aliphatic rings. The Morgan fingerprint density at radius 1 is 1.41 bits per heavy atom. The molecule has 0 spiro atoms. The average molecular weight is 252 g/mol. The Hall–Kier alpha value is -1.00. The number of nitrogens with one attached hydrogen (secondary N) is 2. The molecule has 0 saturated heterocycles. The van der Waals surface area contributed by atoms with Gasteiger partial charge in [0.15, 0.2) is 0 Å². The maximum atomic E-state index is 11.3. The first-order chi connectivity index (χ1) is 8.26. The molecule has 0 aliphatic heterocycles. The van der Waals surface area contributed by atoms with E-state index < -0.39 is 0 Å². The van der Waals surface area contributed by atoms with Gasteiger partial charge >= 0.3 is 0 Å². The van der Waals surface area contributed by atoms with Crippen molar-refractivity contribution in [3.05, 3.63) is 29.8 Å². The molecule has 0 fully saturated rings. The first-order valence-electron chi connectivity index (χ1n) is 5.89. The molecule has 0 heterocycles. The number of hydrogen-bond donors (Lipinski definition) is 2. The van der Waals surface area contributed by atoms with Crippen molar-refractivity contribution in [2.45, 2.75) is 24.8 Å². The highest BCUT2D eigenvalue weighted by molar-refractivity contribution is 7.99. The first-order valence-corrected chi connectivity index (χ1v) is 6.88. The van der Waals surface area contributed by atoms with E-state index in [1.807, 2.05) is 14.0 Å². The number of carbonyl (C=O) groups excluding carboxylic acids is 1. The molecule has 1 aromatic rings. The number of benzene rings is 1. The fraction of sp³-hybridized carbons (Fsp3) is 0.462. The average Bonchev–Trinajstić information content (AvgIpc) is 2.30. The van der Waals surface area contributed by atoms with E-state index in [1.165, 1.54) is 10.5 Å². The normalized spacial score (nSPS) is 10.2. The third-order valence-electron chi connectivity index (χ3n) is 2.25. The summed E-state index contributed by atoms with van der Waals surface area (Å²) in [5, 5.41) is 5.93. The van der Waals surface area contributed by atoms with Gasteiger partial charge in [-0.3, -0.25) is 4.79 Å². The fourth-order valence-electron chi connectivity index (χ4n) is 1.50. The number of thioether (sulfide) groups is 1. The summed E-state index contributed by atoms with van der Waals surface area (Å²) in [6, 6.07) is 8.41. The highest BCUT2D eigenvalue weighted by Gasteiger charge is 2.01. The standard InChI is InChI=1S/C13H20N2OS/c1-3-15-13(16)7-8-17-12-6-4-5-11(9-12)10-14-2/h4-6,9,14H,3,7-8,10H2,1-2H3,(H,15,16). The minimum atomic E-state index is 0.131. The lowest BCUT2D eigenvalue weighted by Crippen LogP contribution is -2.22. The van der Waals surface area contributed by atoms with Crippen molar-refractivity contribution in [1.82, 2.24) is 10.6 Å². The summed E-state index contributed by atoms with van der Waals surface area (Å²) in [5.41, 5.74) is 1.27. The van der Waals surface area contributed by atoms with E-state index in [4.69, 9.17) is 0 Å². The summed E-state index contributed by atoms with van der Waals surface area (Å²) in [6.07, 6.45) is 0.578. The van der Waals surface area contributed by atoms with E-state index in [1.54, 1.807) is 11.8 Å². The van der Waals surface area contributed by atoms with Gasteiger partial charge in [0.2, 0.25) is 5.91 Å². The molecular formula is C13H20N2OS. The molecule has 0 aromatic heterocycles. The molecule has 0 atom stereocenters. The maximum Gasteiger partial charge on any atom is 0.220 e. The van der Waals surface area contributed by atoms with Crippen LogP contribution in [0.5, 0.6) is 0 Å². The van der Waals surface area contributed by atoms with E-state index in [9.17, 15) is 4.79 Å². The number of rotatable bonds is 7. The largest absolute Gasteiger partial charge is 0.356 e. The zero-order valence-electron chi connectivity index (χ0n) is 10.5. The predicted molar refractivity (Wildman–Crippen MR) is 73.2 cm³/mol. The lowest BCUT2D eigenvalue weighted by atomic mass is 10.2. The number of carbonyl (C=O) groups is 1. The molecule has 17 heavy (non-hydrogen) atoms. The van der Waals surface area contributed by atoms with Crippen molar-refractivity contribution < 1.29 is 4.79 Å². The Morgan fingerprint density at radius 2 is 2.24 bits per heavy atom. The minimum absolute atomic E-state index is 0.131. The van der Waals surface area contributed by atoms with Crippen molar-refractivity contribution in [1.29, 1.82) is 0 Å². The van der Waals surface area contributed by atoms with Crippen LogP contribution >= 0.6 is 11.8 Å². The summed E-state index contributed by atoms with van der Waals surface area (Å²) < 4.78 is 0. The van der Waals surface area contributed by atoms with Crippen LogP contribution in [0.1, 0.15) is 18.9 Å². The van der Waals surface area contributed by atoms with Crippen LogP contribution in [-0.2, 0) is 11.3 Å². The first kappa shape index (κ1) is 14.1. The zero-order valence-corrected chi connectivity index (χ0v) is 11.3. The molecule has 1 aromatic carbocycles.